The Morgan fingerprint density at radius 1 is 1.45 bits per heavy atom. The Kier molecular flexibility index (Phi) is 2.80. The predicted molar refractivity (Wildman–Crippen MR) is 81.3 cm³/mol. The van der Waals surface area contributed by atoms with Crippen LogP contribution in [-0.4, -0.2) is 22.2 Å². The molecule has 0 radical (unpaired) electrons. The summed E-state index contributed by atoms with van der Waals surface area (Å²) in [5.74, 6) is 0.535. The number of amides is 1. The van der Waals surface area contributed by atoms with Crippen LogP contribution in [0.15, 0.2) is 30.6 Å². The lowest BCUT2D eigenvalue weighted by molar-refractivity contribution is -0.119. The Morgan fingerprint density at radius 2 is 2.32 bits per heavy atom. The summed E-state index contributed by atoms with van der Waals surface area (Å²) in [6.45, 7) is 0.684. The third-order valence-electron chi connectivity index (χ3n) is 4.67. The number of anilines is 1. The molecule has 5 heteroatoms. The van der Waals surface area contributed by atoms with Crippen molar-refractivity contribution in [3.05, 3.63) is 47.3 Å². The fourth-order valence-corrected chi connectivity index (χ4v) is 3.44. The minimum Gasteiger partial charge on any atom is -0.312 e. The molecule has 1 aromatic heterocycles. The Morgan fingerprint density at radius 3 is 3.05 bits per heavy atom. The molecule has 2 atom stereocenters. The number of fused-ring (bicyclic) bond motifs is 1. The van der Waals surface area contributed by atoms with Crippen LogP contribution < -0.4 is 4.90 Å². The Bertz CT molecular complexity index is 801. The number of aromatic nitrogens is 2. The molecular formula is C17H16N4O. The van der Waals surface area contributed by atoms with Gasteiger partial charge in [0.25, 0.3) is 0 Å². The number of nitrogens with zero attached hydrogens (tertiary/aromatic N) is 4. The van der Waals surface area contributed by atoms with Crippen molar-refractivity contribution >= 4 is 11.6 Å². The van der Waals surface area contributed by atoms with Crippen LogP contribution in [0.3, 0.4) is 0 Å². The smallest absolute Gasteiger partial charge is 0.230 e. The highest BCUT2D eigenvalue weighted by Crippen LogP contribution is 2.49. The summed E-state index contributed by atoms with van der Waals surface area (Å²) in [4.78, 5) is 14.6. The van der Waals surface area contributed by atoms with Crippen molar-refractivity contribution in [2.75, 3.05) is 11.4 Å². The summed E-state index contributed by atoms with van der Waals surface area (Å²) in [5, 5.41) is 13.4. The lowest BCUT2D eigenvalue weighted by atomic mass is 10.1. The Hall–Kier alpha value is -2.61. The average Bonchev–Trinajstić information content (AvgIpc) is 3.01. The van der Waals surface area contributed by atoms with E-state index in [-0.39, 0.29) is 11.8 Å². The number of benzene rings is 1. The van der Waals surface area contributed by atoms with Crippen LogP contribution in [0, 0.1) is 17.2 Å². The number of hydrogen-bond acceptors (Lipinski definition) is 3. The van der Waals surface area contributed by atoms with Gasteiger partial charge in [0.1, 0.15) is 0 Å². The molecule has 1 aromatic carbocycles. The van der Waals surface area contributed by atoms with Gasteiger partial charge in [-0.3, -0.25) is 9.48 Å². The van der Waals surface area contributed by atoms with Crippen molar-refractivity contribution in [3.63, 3.8) is 0 Å². The maximum Gasteiger partial charge on any atom is 0.230 e. The standard InChI is InChI=1S/C17H16N4O/c1-20-10-12(9-19-20)14-7-15(14)17(22)21-6-5-13-11(8-18)3-2-4-16(13)21/h2-4,9-10,14-15H,5-7H2,1H3/t14-,15+/m0/s1. The van der Waals surface area contributed by atoms with Crippen molar-refractivity contribution in [1.82, 2.24) is 9.78 Å². The van der Waals surface area contributed by atoms with E-state index >= 15 is 0 Å². The second kappa shape index (κ2) is 4.70. The first-order chi connectivity index (χ1) is 10.7. The van der Waals surface area contributed by atoms with Crippen LogP contribution in [0.4, 0.5) is 5.69 Å². The number of carbonyl (C=O) groups excluding carboxylic acids is 1. The molecule has 1 saturated carbocycles. The summed E-state index contributed by atoms with van der Waals surface area (Å²) in [7, 11) is 1.89. The van der Waals surface area contributed by atoms with Crippen LogP contribution in [-0.2, 0) is 18.3 Å². The molecule has 2 heterocycles. The first-order valence-electron chi connectivity index (χ1n) is 7.51. The number of carbonyl (C=O) groups is 1. The van der Waals surface area contributed by atoms with Gasteiger partial charge >= 0.3 is 0 Å². The van der Waals surface area contributed by atoms with E-state index in [2.05, 4.69) is 11.2 Å². The first kappa shape index (κ1) is 13.1. The minimum atomic E-state index is 0.0564. The van der Waals surface area contributed by atoms with E-state index in [1.54, 1.807) is 4.68 Å². The van der Waals surface area contributed by atoms with E-state index in [1.807, 2.05) is 42.5 Å². The minimum absolute atomic E-state index is 0.0564. The van der Waals surface area contributed by atoms with Crippen molar-refractivity contribution in [2.24, 2.45) is 13.0 Å². The van der Waals surface area contributed by atoms with Crippen LogP contribution in [0.2, 0.25) is 0 Å². The molecule has 0 bridgehead atoms. The van der Waals surface area contributed by atoms with Gasteiger partial charge in [0.2, 0.25) is 5.91 Å². The molecule has 0 unspecified atom stereocenters. The third-order valence-corrected chi connectivity index (χ3v) is 4.67. The summed E-state index contributed by atoms with van der Waals surface area (Å²) in [5.41, 5.74) is 3.76. The molecule has 0 N–H and O–H groups in total. The number of nitriles is 1. The average molecular weight is 292 g/mol. The number of aryl methyl sites for hydroxylation is 1. The summed E-state index contributed by atoms with van der Waals surface area (Å²) in [6.07, 6.45) is 5.51. The molecule has 110 valence electrons. The zero-order valence-corrected chi connectivity index (χ0v) is 12.4. The molecular weight excluding hydrogens is 276 g/mol. The Balaban J connectivity index is 1.56. The largest absolute Gasteiger partial charge is 0.312 e. The highest BCUT2D eigenvalue weighted by Gasteiger charge is 2.47. The van der Waals surface area contributed by atoms with Gasteiger partial charge in [-0.1, -0.05) is 6.07 Å². The fraction of sp³-hybridized carbons (Fsp3) is 0.353. The molecule has 1 aliphatic carbocycles. The highest BCUT2D eigenvalue weighted by atomic mass is 16.2. The lowest BCUT2D eigenvalue weighted by Gasteiger charge is -2.17. The van der Waals surface area contributed by atoms with Crippen molar-refractivity contribution in [1.29, 1.82) is 5.26 Å². The molecule has 4 rings (SSSR count). The molecule has 2 aromatic rings. The predicted octanol–water partition coefficient (Wildman–Crippen LogP) is 1.98. The van der Waals surface area contributed by atoms with Crippen LogP contribution in [0.1, 0.15) is 29.0 Å². The van der Waals surface area contributed by atoms with Gasteiger partial charge in [-0.05, 0) is 42.0 Å². The van der Waals surface area contributed by atoms with Gasteiger partial charge in [-0.25, -0.2) is 0 Å². The van der Waals surface area contributed by atoms with Crippen molar-refractivity contribution in [3.8, 4) is 6.07 Å². The van der Waals surface area contributed by atoms with E-state index in [4.69, 9.17) is 0 Å². The monoisotopic (exact) mass is 292 g/mol. The second-order valence-corrected chi connectivity index (χ2v) is 6.05. The van der Waals surface area contributed by atoms with Crippen LogP contribution >= 0.6 is 0 Å². The van der Waals surface area contributed by atoms with Crippen LogP contribution in [0.25, 0.3) is 0 Å². The van der Waals surface area contributed by atoms with E-state index in [0.717, 1.165) is 29.7 Å². The van der Waals surface area contributed by atoms with E-state index in [0.29, 0.717) is 18.0 Å². The zero-order valence-electron chi connectivity index (χ0n) is 12.4. The van der Waals surface area contributed by atoms with Gasteiger partial charge in [-0.2, -0.15) is 10.4 Å². The van der Waals surface area contributed by atoms with E-state index in [9.17, 15) is 10.1 Å². The maximum atomic E-state index is 12.8. The fourth-order valence-electron chi connectivity index (χ4n) is 3.44. The Labute approximate surface area is 128 Å². The lowest BCUT2D eigenvalue weighted by Crippen LogP contribution is -2.30. The SMILES string of the molecule is Cn1cc([C@@H]2C[C@H]2C(=O)N2CCc3c(C#N)cccc32)cn1. The van der Waals surface area contributed by atoms with Crippen molar-refractivity contribution in [2.45, 2.75) is 18.8 Å². The molecule has 2 aliphatic rings. The molecule has 1 aliphatic heterocycles. The van der Waals surface area contributed by atoms with Gasteiger partial charge in [-0.15, -0.1) is 0 Å². The van der Waals surface area contributed by atoms with Crippen LogP contribution in [0.5, 0.6) is 0 Å². The number of hydrogen-bond donors (Lipinski definition) is 0. The first-order valence-corrected chi connectivity index (χ1v) is 7.51. The zero-order chi connectivity index (χ0) is 15.3. The molecule has 1 fully saturated rings. The van der Waals surface area contributed by atoms with Gasteiger partial charge in [0.05, 0.1) is 17.8 Å². The molecule has 0 saturated heterocycles. The topological polar surface area (TPSA) is 61.9 Å². The highest BCUT2D eigenvalue weighted by molar-refractivity contribution is 5.99. The van der Waals surface area contributed by atoms with Gasteiger partial charge in [0.15, 0.2) is 0 Å². The molecule has 0 spiro atoms. The van der Waals surface area contributed by atoms with Gasteiger partial charge < -0.3 is 4.90 Å². The van der Waals surface area contributed by atoms with E-state index < -0.39 is 0 Å². The maximum absolute atomic E-state index is 12.8. The number of rotatable bonds is 2. The molecule has 1 amide bonds. The summed E-state index contributed by atoms with van der Waals surface area (Å²) < 4.78 is 1.78. The second-order valence-electron chi connectivity index (χ2n) is 6.05. The molecule has 5 nitrogen and oxygen atoms in total. The van der Waals surface area contributed by atoms with Crippen molar-refractivity contribution < 1.29 is 4.79 Å². The summed E-state index contributed by atoms with van der Waals surface area (Å²) >= 11 is 0. The quantitative estimate of drug-likeness (QED) is 0.850. The van der Waals surface area contributed by atoms with E-state index in [1.165, 1.54) is 0 Å². The third kappa shape index (κ3) is 1.92. The van der Waals surface area contributed by atoms with Gasteiger partial charge in [0, 0.05) is 31.4 Å². The normalized spacial score (nSPS) is 22.3. The summed E-state index contributed by atoms with van der Waals surface area (Å²) in [6, 6.07) is 7.84. The molecule has 22 heavy (non-hydrogen) atoms.